The summed E-state index contributed by atoms with van der Waals surface area (Å²) in [6.07, 6.45) is 1.82. The first-order valence-corrected chi connectivity index (χ1v) is 16.6. The summed E-state index contributed by atoms with van der Waals surface area (Å²) in [5.74, 6) is -1.50. The largest absolute Gasteiger partial charge is 0.361 e. The summed E-state index contributed by atoms with van der Waals surface area (Å²) >= 11 is 2.48. The molecule has 0 unspecified atom stereocenters. The molecule has 11 heteroatoms. The van der Waals surface area contributed by atoms with E-state index in [1.807, 2.05) is 71.6 Å². The van der Waals surface area contributed by atoms with Gasteiger partial charge in [-0.1, -0.05) is 42.5 Å². The van der Waals surface area contributed by atoms with Crippen molar-refractivity contribution in [2.75, 3.05) is 10.2 Å². The van der Waals surface area contributed by atoms with Crippen LogP contribution < -0.4 is 10.2 Å². The first kappa shape index (κ1) is 29.5. The van der Waals surface area contributed by atoms with E-state index in [1.54, 1.807) is 12.1 Å². The van der Waals surface area contributed by atoms with Crippen LogP contribution in [0.1, 0.15) is 20.7 Å². The van der Waals surface area contributed by atoms with E-state index in [-0.39, 0.29) is 16.1 Å². The molecule has 0 aliphatic carbocycles. The molecule has 8 aromatic rings. The van der Waals surface area contributed by atoms with Gasteiger partial charge in [0.05, 0.1) is 22.3 Å². The second kappa shape index (κ2) is 12.0. The average molecular weight is 672 g/mol. The minimum Gasteiger partial charge on any atom is -0.361 e. The van der Waals surface area contributed by atoms with Crippen molar-refractivity contribution in [3.05, 3.63) is 143 Å². The number of rotatable bonds is 7. The van der Waals surface area contributed by atoms with Gasteiger partial charge in [-0.05, 0) is 60.7 Å². The van der Waals surface area contributed by atoms with E-state index in [0.29, 0.717) is 22.1 Å². The standard InChI is InChI=1S/C37H23F2N5O2S2/c38-23-8-5-7-21(15-23)35(45)43-36-33(28(20-48-36)27-18-40-29-12-2-1-11-26(27)29)37(46)44(25-10-6-9-24(39)17-25)32-16-22(19-47-32)34-41-30-13-3-4-14-31(30)42-34/h1-20,40H,(H,41,42)(H,43,45). The lowest BCUT2D eigenvalue weighted by atomic mass is 10.0. The molecule has 4 heterocycles. The molecular weight excluding hydrogens is 649 g/mol. The highest BCUT2D eigenvalue weighted by molar-refractivity contribution is 7.16. The Morgan fingerprint density at radius 2 is 1.54 bits per heavy atom. The van der Waals surface area contributed by atoms with E-state index >= 15 is 4.79 Å². The SMILES string of the molecule is O=C(Nc1scc(-c2c[nH]c3ccccc23)c1C(=O)N(c1cccc(F)c1)c1cc(-c2nc3ccccc3[nH]2)cs1)c1cccc(F)c1. The molecule has 0 atom stereocenters. The number of aromatic amines is 2. The van der Waals surface area contributed by atoms with E-state index in [1.165, 1.54) is 57.9 Å². The summed E-state index contributed by atoms with van der Waals surface area (Å²) in [7, 11) is 0. The Morgan fingerprint density at radius 3 is 2.35 bits per heavy atom. The lowest BCUT2D eigenvalue weighted by Crippen LogP contribution is -2.26. The van der Waals surface area contributed by atoms with Gasteiger partial charge in [0.25, 0.3) is 11.8 Å². The Balaban J connectivity index is 1.28. The quantitative estimate of drug-likeness (QED) is 0.157. The number of hydrogen-bond donors (Lipinski definition) is 3. The molecule has 7 nitrogen and oxygen atoms in total. The number of H-pyrrole nitrogens is 2. The number of anilines is 3. The number of carbonyl (C=O) groups excluding carboxylic acids is 2. The van der Waals surface area contributed by atoms with Crippen molar-refractivity contribution >= 4 is 72.1 Å². The van der Waals surface area contributed by atoms with Gasteiger partial charge >= 0.3 is 0 Å². The van der Waals surface area contributed by atoms with Crippen LogP contribution in [0.25, 0.3) is 44.5 Å². The van der Waals surface area contributed by atoms with Gasteiger partial charge in [-0.2, -0.15) is 0 Å². The number of benzene rings is 4. The van der Waals surface area contributed by atoms with E-state index < -0.39 is 23.4 Å². The van der Waals surface area contributed by atoms with E-state index in [0.717, 1.165) is 39.1 Å². The first-order valence-electron chi connectivity index (χ1n) is 14.8. The predicted molar refractivity (Wildman–Crippen MR) is 188 cm³/mol. The van der Waals surface area contributed by atoms with Crippen molar-refractivity contribution in [3.63, 3.8) is 0 Å². The number of halogens is 2. The molecule has 0 aliphatic rings. The Morgan fingerprint density at radius 1 is 0.771 bits per heavy atom. The van der Waals surface area contributed by atoms with Gasteiger partial charge in [-0.15, -0.1) is 22.7 Å². The molecule has 4 aromatic carbocycles. The third kappa shape index (κ3) is 5.34. The summed E-state index contributed by atoms with van der Waals surface area (Å²) in [5.41, 5.74) is 5.25. The number of thiophene rings is 2. The van der Waals surface area contributed by atoms with Crippen molar-refractivity contribution in [1.29, 1.82) is 0 Å². The zero-order valence-electron chi connectivity index (χ0n) is 24.8. The Bertz CT molecular complexity index is 2460. The highest BCUT2D eigenvalue weighted by Crippen LogP contribution is 2.43. The average Bonchev–Trinajstić information content (AvgIpc) is 3.90. The molecule has 0 fully saturated rings. The number of fused-ring (bicyclic) bond motifs is 2. The molecule has 8 rings (SSSR count). The molecule has 48 heavy (non-hydrogen) atoms. The molecule has 0 bridgehead atoms. The van der Waals surface area contributed by atoms with Crippen LogP contribution in [-0.2, 0) is 0 Å². The lowest BCUT2D eigenvalue weighted by Gasteiger charge is -2.22. The van der Waals surface area contributed by atoms with Gasteiger partial charge < -0.3 is 15.3 Å². The molecule has 234 valence electrons. The molecular formula is C37H23F2N5O2S2. The molecule has 0 spiro atoms. The normalized spacial score (nSPS) is 11.3. The number of para-hydroxylation sites is 3. The van der Waals surface area contributed by atoms with Gasteiger partial charge in [-0.3, -0.25) is 14.5 Å². The van der Waals surface area contributed by atoms with Crippen LogP contribution in [-0.4, -0.2) is 26.8 Å². The fraction of sp³-hybridized carbons (Fsp3) is 0. The maximum absolute atomic E-state index is 15.0. The number of carbonyl (C=O) groups is 2. The van der Waals surface area contributed by atoms with Crippen LogP contribution in [0, 0.1) is 11.6 Å². The van der Waals surface area contributed by atoms with E-state index in [2.05, 4.69) is 15.3 Å². The third-order valence-electron chi connectivity index (χ3n) is 7.94. The first-order chi connectivity index (χ1) is 23.4. The van der Waals surface area contributed by atoms with E-state index in [9.17, 15) is 13.6 Å². The monoisotopic (exact) mass is 671 g/mol. The second-order valence-corrected chi connectivity index (χ2v) is 12.7. The molecule has 0 saturated carbocycles. The summed E-state index contributed by atoms with van der Waals surface area (Å²) < 4.78 is 28.8. The van der Waals surface area contributed by atoms with Crippen molar-refractivity contribution < 1.29 is 18.4 Å². The summed E-state index contributed by atoms with van der Waals surface area (Å²) in [6.45, 7) is 0. The molecule has 0 aliphatic heterocycles. The smallest absolute Gasteiger partial charge is 0.267 e. The second-order valence-electron chi connectivity index (χ2n) is 11.0. The van der Waals surface area contributed by atoms with Crippen molar-refractivity contribution in [2.45, 2.75) is 0 Å². The Labute approximate surface area is 280 Å². The molecule has 2 amide bonds. The lowest BCUT2D eigenvalue weighted by molar-refractivity contribution is 0.100. The number of nitrogens with one attached hydrogen (secondary N) is 3. The van der Waals surface area contributed by atoms with Crippen LogP contribution >= 0.6 is 22.7 Å². The topological polar surface area (TPSA) is 93.9 Å². The minimum atomic E-state index is -0.573. The fourth-order valence-electron chi connectivity index (χ4n) is 5.69. The number of aromatic nitrogens is 3. The third-order valence-corrected chi connectivity index (χ3v) is 9.75. The van der Waals surface area contributed by atoms with Crippen molar-refractivity contribution in [1.82, 2.24) is 15.0 Å². The number of nitrogens with zero attached hydrogens (tertiary/aromatic N) is 2. The summed E-state index contributed by atoms with van der Waals surface area (Å²) in [4.78, 5) is 41.1. The molecule has 0 radical (unpaired) electrons. The van der Waals surface area contributed by atoms with E-state index in [4.69, 9.17) is 4.98 Å². The molecule has 3 N–H and O–H groups in total. The van der Waals surface area contributed by atoms with Crippen LogP contribution in [0.15, 0.2) is 120 Å². The number of hydrogen-bond acceptors (Lipinski definition) is 5. The zero-order chi connectivity index (χ0) is 32.8. The van der Waals surface area contributed by atoms with Crippen molar-refractivity contribution in [2.24, 2.45) is 0 Å². The fourth-order valence-corrected chi connectivity index (χ4v) is 7.55. The zero-order valence-corrected chi connectivity index (χ0v) is 26.5. The van der Waals surface area contributed by atoms with Gasteiger partial charge in [-0.25, -0.2) is 13.8 Å². The van der Waals surface area contributed by atoms with Crippen LogP contribution in [0.4, 0.5) is 24.5 Å². The Kier molecular flexibility index (Phi) is 7.39. The van der Waals surface area contributed by atoms with Gasteiger partial charge in [0.15, 0.2) is 0 Å². The van der Waals surface area contributed by atoms with Crippen molar-refractivity contribution in [3.8, 4) is 22.5 Å². The predicted octanol–water partition coefficient (Wildman–Crippen LogP) is 10.0. The van der Waals surface area contributed by atoms with Crippen LogP contribution in [0.3, 0.4) is 0 Å². The van der Waals surface area contributed by atoms with Gasteiger partial charge in [0.1, 0.15) is 27.5 Å². The highest BCUT2D eigenvalue weighted by atomic mass is 32.1. The number of imidazole rings is 1. The maximum Gasteiger partial charge on any atom is 0.267 e. The van der Waals surface area contributed by atoms with Gasteiger partial charge in [0.2, 0.25) is 0 Å². The highest BCUT2D eigenvalue weighted by Gasteiger charge is 2.30. The summed E-state index contributed by atoms with van der Waals surface area (Å²) in [5, 5.41) is 8.20. The minimum absolute atomic E-state index is 0.103. The van der Waals surface area contributed by atoms with Gasteiger partial charge in [0, 0.05) is 50.1 Å². The Hall–Kier alpha value is -5.91. The maximum atomic E-state index is 15.0. The van der Waals surface area contributed by atoms with Crippen LogP contribution in [0.5, 0.6) is 0 Å². The molecule has 4 aromatic heterocycles. The summed E-state index contributed by atoms with van der Waals surface area (Å²) in [6, 6.07) is 28.3. The number of amides is 2. The van der Waals surface area contributed by atoms with Crippen LogP contribution in [0.2, 0.25) is 0 Å². The molecule has 0 saturated heterocycles.